The topological polar surface area (TPSA) is 70.1 Å². The molecule has 6 nitrogen and oxygen atoms in total. The number of urea groups is 1. The highest BCUT2D eigenvalue weighted by Crippen LogP contribution is 2.21. The number of hydrogen-bond acceptors (Lipinski definition) is 3. The van der Waals surface area contributed by atoms with Gasteiger partial charge in [-0.1, -0.05) is 6.08 Å². The van der Waals surface area contributed by atoms with Crippen molar-refractivity contribution in [2.75, 3.05) is 33.4 Å². The Morgan fingerprint density at radius 1 is 1.58 bits per heavy atom. The second-order valence-corrected chi connectivity index (χ2v) is 4.60. The van der Waals surface area contributed by atoms with Gasteiger partial charge >= 0.3 is 12.0 Å². The molecule has 1 N–H and O–H groups in total. The van der Waals surface area contributed by atoms with Crippen LogP contribution >= 0.6 is 0 Å². The summed E-state index contributed by atoms with van der Waals surface area (Å²) in [5.41, 5.74) is 0. The molecule has 1 unspecified atom stereocenters. The summed E-state index contributed by atoms with van der Waals surface area (Å²) in [6.07, 6.45) is 3.29. The van der Waals surface area contributed by atoms with Gasteiger partial charge in [-0.05, 0) is 12.8 Å². The van der Waals surface area contributed by atoms with Gasteiger partial charge in [0.05, 0.1) is 13.0 Å². The van der Waals surface area contributed by atoms with Crippen molar-refractivity contribution in [2.24, 2.45) is 0 Å². The SMILES string of the molecule is C=CCN(CCOC)C(=O)N1CCCC1CC(=O)O. The van der Waals surface area contributed by atoms with Crippen molar-refractivity contribution in [1.29, 1.82) is 0 Å². The molecule has 0 aromatic heterocycles. The molecule has 0 radical (unpaired) electrons. The maximum Gasteiger partial charge on any atom is 0.320 e. The zero-order valence-corrected chi connectivity index (χ0v) is 11.4. The Bertz CT molecular complexity index is 333. The van der Waals surface area contributed by atoms with Crippen molar-refractivity contribution in [1.82, 2.24) is 9.80 Å². The van der Waals surface area contributed by atoms with Crippen molar-refractivity contribution in [3.05, 3.63) is 12.7 Å². The third-order valence-electron chi connectivity index (χ3n) is 3.22. The molecule has 6 heteroatoms. The Balaban J connectivity index is 2.65. The fourth-order valence-corrected chi connectivity index (χ4v) is 2.31. The number of methoxy groups -OCH3 is 1. The molecule has 1 atom stereocenters. The van der Waals surface area contributed by atoms with E-state index in [0.717, 1.165) is 12.8 Å². The second kappa shape index (κ2) is 7.78. The van der Waals surface area contributed by atoms with Crippen LogP contribution in [0.15, 0.2) is 12.7 Å². The fourth-order valence-electron chi connectivity index (χ4n) is 2.31. The summed E-state index contributed by atoms with van der Waals surface area (Å²) in [4.78, 5) is 26.5. The minimum atomic E-state index is -0.864. The largest absolute Gasteiger partial charge is 0.481 e. The van der Waals surface area contributed by atoms with Crippen molar-refractivity contribution in [3.8, 4) is 0 Å². The predicted octanol–water partition coefficient (Wildman–Crippen LogP) is 1.18. The first-order valence-electron chi connectivity index (χ1n) is 6.47. The number of likely N-dealkylation sites (tertiary alicyclic amines) is 1. The van der Waals surface area contributed by atoms with Gasteiger partial charge in [-0.15, -0.1) is 6.58 Å². The molecule has 1 heterocycles. The van der Waals surface area contributed by atoms with E-state index >= 15 is 0 Å². The van der Waals surface area contributed by atoms with E-state index < -0.39 is 5.97 Å². The summed E-state index contributed by atoms with van der Waals surface area (Å²) in [6, 6.07) is -0.319. The molecule has 0 saturated carbocycles. The molecule has 1 rings (SSSR count). The zero-order valence-electron chi connectivity index (χ0n) is 11.4. The molecule has 1 fully saturated rings. The Morgan fingerprint density at radius 2 is 2.32 bits per heavy atom. The molecule has 108 valence electrons. The van der Waals surface area contributed by atoms with Crippen LogP contribution in [0.1, 0.15) is 19.3 Å². The highest BCUT2D eigenvalue weighted by Gasteiger charge is 2.32. The molecule has 0 spiro atoms. The number of ether oxygens (including phenoxy) is 1. The van der Waals surface area contributed by atoms with E-state index in [4.69, 9.17) is 9.84 Å². The van der Waals surface area contributed by atoms with Gasteiger partial charge in [-0.25, -0.2) is 4.79 Å². The van der Waals surface area contributed by atoms with Crippen LogP contribution in [0.2, 0.25) is 0 Å². The molecule has 2 amide bonds. The highest BCUT2D eigenvalue weighted by atomic mass is 16.5. The third-order valence-corrected chi connectivity index (χ3v) is 3.22. The standard InChI is InChI=1S/C13H22N2O4/c1-3-6-14(8-9-19-2)13(18)15-7-4-5-11(15)10-12(16)17/h3,11H,1,4-10H2,2H3,(H,16,17). The van der Waals surface area contributed by atoms with Gasteiger partial charge in [-0.2, -0.15) is 0 Å². The summed E-state index contributed by atoms with van der Waals surface area (Å²) >= 11 is 0. The van der Waals surface area contributed by atoms with Crippen molar-refractivity contribution >= 4 is 12.0 Å². The fraction of sp³-hybridized carbons (Fsp3) is 0.692. The molecule has 0 aliphatic carbocycles. The lowest BCUT2D eigenvalue weighted by Gasteiger charge is -2.30. The molecule has 0 aromatic carbocycles. The molecule has 0 aromatic rings. The minimum Gasteiger partial charge on any atom is -0.481 e. The highest BCUT2D eigenvalue weighted by molar-refractivity contribution is 5.76. The minimum absolute atomic E-state index is 0.0119. The Kier molecular flexibility index (Phi) is 6.35. The van der Waals surface area contributed by atoms with Crippen LogP contribution in [0.25, 0.3) is 0 Å². The monoisotopic (exact) mass is 270 g/mol. The molecule has 19 heavy (non-hydrogen) atoms. The number of amides is 2. The first-order chi connectivity index (χ1) is 9.10. The maximum atomic E-state index is 12.4. The number of rotatable bonds is 7. The predicted molar refractivity (Wildman–Crippen MR) is 71.0 cm³/mol. The van der Waals surface area contributed by atoms with Crippen LogP contribution in [-0.4, -0.2) is 66.3 Å². The lowest BCUT2D eigenvalue weighted by molar-refractivity contribution is -0.138. The van der Waals surface area contributed by atoms with Crippen LogP contribution in [0.3, 0.4) is 0 Å². The number of carbonyl (C=O) groups is 2. The molecule has 0 bridgehead atoms. The first kappa shape index (κ1) is 15.5. The van der Waals surface area contributed by atoms with Gasteiger partial charge in [0.2, 0.25) is 0 Å². The lowest BCUT2D eigenvalue weighted by atomic mass is 10.1. The Morgan fingerprint density at radius 3 is 2.89 bits per heavy atom. The third kappa shape index (κ3) is 4.55. The van der Waals surface area contributed by atoms with Gasteiger partial charge in [0.15, 0.2) is 0 Å². The van der Waals surface area contributed by atoms with Gasteiger partial charge in [0, 0.05) is 32.8 Å². The number of hydrogen-bond donors (Lipinski definition) is 1. The van der Waals surface area contributed by atoms with Gasteiger partial charge in [0.25, 0.3) is 0 Å². The van der Waals surface area contributed by atoms with Crippen molar-refractivity contribution in [2.45, 2.75) is 25.3 Å². The number of carboxylic acid groups (broad SMARTS) is 1. The summed E-state index contributed by atoms with van der Waals surface area (Å²) in [5.74, 6) is -0.864. The number of carboxylic acids is 1. The van der Waals surface area contributed by atoms with Crippen LogP contribution in [0.5, 0.6) is 0 Å². The first-order valence-corrected chi connectivity index (χ1v) is 6.47. The van der Waals surface area contributed by atoms with Gasteiger partial charge in [-0.3, -0.25) is 4.79 Å². The van der Waals surface area contributed by atoms with E-state index in [2.05, 4.69) is 6.58 Å². The summed E-state index contributed by atoms with van der Waals surface area (Å²) in [6.45, 7) is 5.64. The van der Waals surface area contributed by atoms with E-state index in [1.807, 2.05) is 0 Å². The smallest absolute Gasteiger partial charge is 0.320 e. The van der Waals surface area contributed by atoms with Gasteiger partial charge in [0.1, 0.15) is 0 Å². The Hall–Kier alpha value is -1.56. The molecular formula is C13H22N2O4. The van der Waals surface area contributed by atoms with Crippen LogP contribution in [0, 0.1) is 0 Å². The van der Waals surface area contributed by atoms with E-state index in [9.17, 15) is 9.59 Å². The number of carbonyl (C=O) groups excluding carboxylic acids is 1. The lowest BCUT2D eigenvalue weighted by Crippen LogP contribution is -2.47. The van der Waals surface area contributed by atoms with E-state index in [1.165, 1.54) is 0 Å². The van der Waals surface area contributed by atoms with E-state index in [-0.39, 0.29) is 18.5 Å². The van der Waals surface area contributed by atoms with Crippen LogP contribution in [-0.2, 0) is 9.53 Å². The van der Waals surface area contributed by atoms with Crippen LogP contribution < -0.4 is 0 Å². The summed E-state index contributed by atoms with van der Waals surface area (Å²) in [7, 11) is 1.58. The molecule has 1 saturated heterocycles. The van der Waals surface area contributed by atoms with Gasteiger partial charge < -0.3 is 19.6 Å². The maximum absolute atomic E-state index is 12.4. The van der Waals surface area contributed by atoms with Crippen LogP contribution in [0.4, 0.5) is 4.79 Å². The quantitative estimate of drug-likeness (QED) is 0.705. The summed E-state index contributed by atoms with van der Waals surface area (Å²) in [5, 5.41) is 8.87. The molecule has 1 aliphatic heterocycles. The van der Waals surface area contributed by atoms with Crippen molar-refractivity contribution in [3.63, 3.8) is 0 Å². The average molecular weight is 270 g/mol. The number of nitrogens with zero attached hydrogens (tertiary/aromatic N) is 2. The molecule has 1 aliphatic rings. The van der Waals surface area contributed by atoms with E-state index in [0.29, 0.717) is 26.2 Å². The Labute approximate surface area is 113 Å². The molecular weight excluding hydrogens is 248 g/mol. The van der Waals surface area contributed by atoms with Crippen molar-refractivity contribution < 1.29 is 19.4 Å². The normalized spacial score (nSPS) is 18.4. The second-order valence-electron chi connectivity index (χ2n) is 4.60. The average Bonchev–Trinajstić information content (AvgIpc) is 2.80. The number of aliphatic carboxylic acids is 1. The summed E-state index contributed by atoms with van der Waals surface area (Å²) < 4.78 is 4.98. The zero-order chi connectivity index (χ0) is 14.3. The van der Waals surface area contributed by atoms with E-state index in [1.54, 1.807) is 23.0 Å².